The summed E-state index contributed by atoms with van der Waals surface area (Å²) in [5, 5.41) is 14.4. The molecule has 0 amide bonds. The van der Waals surface area contributed by atoms with E-state index in [0.717, 1.165) is 30.0 Å². The highest BCUT2D eigenvalue weighted by Crippen LogP contribution is 2.34. The second-order valence-corrected chi connectivity index (χ2v) is 9.28. The van der Waals surface area contributed by atoms with Crippen molar-refractivity contribution < 1.29 is 22.3 Å². The van der Waals surface area contributed by atoms with Crippen LogP contribution in [0.1, 0.15) is 5.56 Å². The number of hydrogen-bond donors (Lipinski definition) is 0. The van der Waals surface area contributed by atoms with E-state index >= 15 is 0 Å². The number of allylic oxidation sites excluding steroid dienone is 1. The van der Waals surface area contributed by atoms with Gasteiger partial charge in [-0.1, -0.05) is 18.2 Å². The number of hydrogen-bond acceptors (Lipinski definition) is 6. The van der Waals surface area contributed by atoms with Crippen molar-refractivity contribution in [1.82, 2.24) is 9.78 Å². The highest BCUT2D eigenvalue weighted by atomic mass is 32.2. The molecule has 7 nitrogen and oxygen atoms in total. The summed E-state index contributed by atoms with van der Waals surface area (Å²) in [6.07, 6.45) is 2.90. The summed E-state index contributed by atoms with van der Waals surface area (Å²) in [5.74, 6) is 0.410. The molecule has 0 saturated carbocycles. The second-order valence-electron chi connectivity index (χ2n) is 7.36. The van der Waals surface area contributed by atoms with Crippen LogP contribution in [0.4, 0.5) is 4.39 Å². The molecule has 0 fully saturated rings. The smallest absolute Gasteiger partial charge is 0.216 e. The van der Waals surface area contributed by atoms with Crippen molar-refractivity contribution >= 4 is 15.9 Å². The lowest BCUT2D eigenvalue weighted by atomic mass is 10.1. The minimum absolute atomic E-state index is 0.185. The van der Waals surface area contributed by atoms with E-state index in [-0.39, 0.29) is 4.90 Å². The van der Waals surface area contributed by atoms with Gasteiger partial charge in [-0.15, -0.1) is 0 Å². The van der Waals surface area contributed by atoms with Crippen LogP contribution in [0.3, 0.4) is 0 Å². The molecule has 0 saturated heterocycles. The molecule has 0 spiro atoms. The lowest BCUT2D eigenvalue weighted by molar-refractivity contribution is 0.355. The summed E-state index contributed by atoms with van der Waals surface area (Å²) < 4.78 is 51.8. The van der Waals surface area contributed by atoms with Gasteiger partial charge in [-0.3, -0.25) is 0 Å². The Morgan fingerprint density at radius 2 is 1.69 bits per heavy atom. The van der Waals surface area contributed by atoms with Gasteiger partial charge in [0.05, 0.1) is 24.8 Å². The summed E-state index contributed by atoms with van der Waals surface area (Å²) in [6.45, 7) is 0. The van der Waals surface area contributed by atoms with E-state index in [2.05, 4.69) is 5.10 Å². The van der Waals surface area contributed by atoms with Crippen LogP contribution in [0.2, 0.25) is 0 Å². The summed E-state index contributed by atoms with van der Waals surface area (Å²) in [7, 11) is -1.16. The Morgan fingerprint density at radius 1 is 1.00 bits per heavy atom. The van der Waals surface area contributed by atoms with E-state index < -0.39 is 20.6 Å². The summed E-state index contributed by atoms with van der Waals surface area (Å²) in [4.78, 5) is -0.687. The van der Waals surface area contributed by atoms with Gasteiger partial charge in [0.2, 0.25) is 9.84 Å². The van der Waals surface area contributed by atoms with Crippen LogP contribution in [-0.4, -0.2) is 32.4 Å². The number of benzene rings is 3. The zero-order valence-corrected chi connectivity index (χ0v) is 19.7. The average molecular weight is 490 g/mol. The van der Waals surface area contributed by atoms with Crippen LogP contribution in [0.15, 0.2) is 88.8 Å². The van der Waals surface area contributed by atoms with Gasteiger partial charge in [-0.2, -0.15) is 10.4 Å². The normalized spacial score (nSPS) is 11.7. The minimum Gasteiger partial charge on any atom is -0.493 e. The Labute approximate surface area is 202 Å². The molecule has 4 rings (SSSR count). The van der Waals surface area contributed by atoms with E-state index in [4.69, 9.17) is 9.47 Å². The molecule has 176 valence electrons. The third-order valence-corrected chi connectivity index (χ3v) is 6.91. The van der Waals surface area contributed by atoms with E-state index in [9.17, 15) is 18.1 Å². The van der Waals surface area contributed by atoms with Crippen LogP contribution in [0.25, 0.3) is 23.0 Å². The van der Waals surface area contributed by atoms with Crippen molar-refractivity contribution in [2.75, 3.05) is 14.2 Å². The van der Waals surface area contributed by atoms with Crippen molar-refractivity contribution in [3.63, 3.8) is 0 Å². The second kappa shape index (κ2) is 9.83. The number of methoxy groups -OCH3 is 2. The highest BCUT2D eigenvalue weighted by molar-refractivity contribution is 7.95. The molecule has 0 radical (unpaired) electrons. The van der Waals surface area contributed by atoms with Crippen LogP contribution >= 0.6 is 0 Å². The molecule has 4 aromatic rings. The van der Waals surface area contributed by atoms with E-state index in [0.29, 0.717) is 28.3 Å². The minimum atomic E-state index is -4.19. The lowest BCUT2D eigenvalue weighted by Gasteiger charge is -2.09. The Hall–Kier alpha value is -4.42. The lowest BCUT2D eigenvalue weighted by Crippen LogP contribution is -2.03. The maximum atomic E-state index is 13.3. The molecular weight excluding hydrogens is 469 g/mol. The van der Waals surface area contributed by atoms with Gasteiger partial charge in [0.1, 0.15) is 22.5 Å². The number of para-hydroxylation sites is 1. The van der Waals surface area contributed by atoms with Crippen molar-refractivity contribution in [2.45, 2.75) is 4.90 Å². The Bertz CT molecular complexity index is 1540. The SMILES string of the molecule is COc1ccc(-c2nn(-c3ccccc3)cc2/C=C(/C#N)S(=O)(=O)c2ccc(F)cc2)cc1OC. The molecule has 1 heterocycles. The number of nitriles is 1. The van der Waals surface area contributed by atoms with Crippen molar-refractivity contribution in [2.24, 2.45) is 0 Å². The van der Waals surface area contributed by atoms with E-state index in [1.54, 1.807) is 35.1 Å². The fourth-order valence-corrected chi connectivity index (χ4v) is 4.62. The van der Waals surface area contributed by atoms with Gasteiger partial charge >= 0.3 is 0 Å². The Kier molecular flexibility index (Phi) is 6.66. The van der Waals surface area contributed by atoms with Crippen LogP contribution in [0, 0.1) is 17.1 Å². The number of aromatic nitrogens is 2. The maximum absolute atomic E-state index is 13.3. The number of halogens is 1. The summed E-state index contributed by atoms with van der Waals surface area (Å²) in [6, 6.07) is 20.5. The number of ether oxygens (including phenoxy) is 2. The third-order valence-electron chi connectivity index (χ3n) is 5.23. The number of rotatable bonds is 7. The molecule has 0 atom stereocenters. The molecular formula is C26H20FN3O4S. The quantitative estimate of drug-likeness (QED) is 0.267. The van der Waals surface area contributed by atoms with Gasteiger partial charge in [0, 0.05) is 17.3 Å². The molecule has 1 aromatic heterocycles. The maximum Gasteiger partial charge on any atom is 0.216 e. The molecule has 0 N–H and O–H groups in total. The third kappa shape index (κ3) is 4.78. The van der Waals surface area contributed by atoms with Gasteiger partial charge < -0.3 is 9.47 Å². The monoisotopic (exact) mass is 489 g/mol. The van der Waals surface area contributed by atoms with Crippen LogP contribution in [0.5, 0.6) is 11.5 Å². The topological polar surface area (TPSA) is 94.2 Å². The average Bonchev–Trinajstić information content (AvgIpc) is 3.31. The molecule has 3 aromatic carbocycles. The summed E-state index contributed by atoms with van der Waals surface area (Å²) in [5.41, 5.74) is 2.19. The summed E-state index contributed by atoms with van der Waals surface area (Å²) >= 11 is 0. The van der Waals surface area contributed by atoms with Gasteiger partial charge in [0.25, 0.3) is 0 Å². The van der Waals surface area contributed by atoms with Gasteiger partial charge in [-0.05, 0) is 60.7 Å². The largest absolute Gasteiger partial charge is 0.493 e. The van der Waals surface area contributed by atoms with Gasteiger partial charge in [0.15, 0.2) is 11.5 Å². The van der Waals surface area contributed by atoms with Crippen molar-refractivity contribution in [1.29, 1.82) is 5.26 Å². The fourth-order valence-electron chi connectivity index (χ4n) is 3.47. The number of nitrogens with zero attached hydrogens (tertiary/aromatic N) is 3. The van der Waals surface area contributed by atoms with Crippen molar-refractivity contribution in [3.05, 3.63) is 95.3 Å². The molecule has 0 unspecified atom stereocenters. The molecule has 9 heteroatoms. The van der Waals surface area contributed by atoms with E-state index in [1.165, 1.54) is 20.3 Å². The fraction of sp³-hybridized carbons (Fsp3) is 0.0769. The zero-order valence-electron chi connectivity index (χ0n) is 18.8. The molecule has 0 aliphatic rings. The van der Waals surface area contributed by atoms with Gasteiger partial charge in [-0.25, -0.2) is 17.5 Å². The van der Waals surface area contributed by atoms with Crippen LogP contribution in [-0.2, 0) is 9.84 Å². The first-order valence-corrected chi connectivity index (χ1v) is 11.9. The highest BCUT2D eigenvalue weighted by Gasteiger charge is 2.23. The Morgan fingerprint density at radius 3 is 2.31 bits per heavy atom. The first-order chi connectivity index (χ1) is 16.9. The first-order valence-electron chi connectivity index (χ1n) is 10.4. The number of sulfone groups is 1. The molecule has 35 heavy (non-hydrogen) atoms. The molecule has 0 aliphatic carbocycles. The predicted octanol–water partition coefficient (Wildman–Crippen LogP) is 5.03. The van der Waals surface area contributed by atoms with Crippen molar-refractivity contribution in [3.8, 4) is 34.5 Å². The van der Waals surface area contributed by atoms with E-state index in [1.807, 2.05) is 30.3 Å². The first kappa shape index (κ1) is 23.7. The van der Waals surface area contributed by atoms with Crippen LogP contribution < -0.4 is 9.47 Å². The predicted molar refractivity (Wildman–Crippen MR) is 129 cm³/mol. The standard InChI is InChI=1S/C26H20FN3O4S/c1-33-24-13-8-18(15-25(24)34-2)26-19(17-30(29-26)21-6-4-3-5-7-21)14-23(16-28)35(31,32)22-11-9-20(27)10-12-22/h3-15,17H,1-2H3/b23-14-. The Balaban J connectivity index is 1.90. The zero-order chi connectivity index (χ0) is 25.0. The molecule has 0 aliphatic heterocycles. The molecule has 0 bridgehead atoms.